The summed E-state index contributed by atoms with van der Waals surface area (Å²) in [6.07, 6.45) is 6.63. The lowest BCUT2D eigenvalue weighted by molar-refractivity contribution is 0.878. The molecule has 0 radical (unpaired) electrons. The molecule has 0 spiro atoms. The highest BCUT2D eigenvalue weighted by Gasteiger charge is 2.05. The van der Waals surface area contributed by atoms with Gasteiger partial charge < -0.3 is 5.32 Å². The van der Waals surface area contributed by atoms with E-state index in [4.69, 9.17) is 0 Å². The van der Waals surface area contributed by atoms with Crippen molar-refractivity contribution in [2.24, 2.45) is 0 Å². The maximum Gasteiger partial charge on any atom is 0.190 e. The van der Waals surface area contributed by atoms with Crippen molar-refractivity contribution in [1.82, 2.24) is 15.0 Å². The van der Waals surface area contributed by atoms with E-state index in [9.17, 15) is 0 Å². The molecule has 19 heavy (non-hydrogen) atoms. The van der Waals surface area contributed by atoms with E-state index in [0.717, 1.165) is 33.9 Å². The Bertz CT molecular complexity index is 519. The second-order valence-electron chi connectivity index (χ2n) is 3.79. The van der Waals surface area contributed by atoms with E-state index < -0.39 is 0 Å². The molecule has 2 aromatic heterocycles. The summed E-state index contributed by atoms with van der Waals surface area (Å²) in [5.74, 6) is 0.887. The predicted molar refractivity (Wildman–Crippen MR) is 81.0 cm³/mol. The molecule has 0 fully saturated rings. The van der Waals surface area contributed by atoms with E-state index in [2.05, 4.69) is 27.2 Å². The molecule has 4 nitrogen and oxygen atoms in total. The van der Waals surface area contributed by atoms with Crippen LogP contribution in [0.1, 0.15) is 13.3 Å². The molecule has 0 aliphatic carbocycles. The van der Waals surface area contributed by atoms with Crippen LogP contribution in [0, 0.1) is 0 Å². The third kappa shape index (κ3) is 4.40. The minimum Gasteiger partial charge on any atom is -0.370 e. The van der Waals surface area contributed by atoms with Gasteiger partial charge in [0.25, 0.3) is 0 Å². The third-order valence-electron chi connectivity index (χ3n) is 2.29. The van der Waals surface area contributed by atoms with E-state index in [0.29, 0.717) is 0 Å². The van der Waals surface area contributed by atoms with Gasteiger partial charge in [-0.25, -0.2) is 9.97 Å². The molecule has 0 saturated heterocycles. The number of thioether (sulfide) groups is 1. The number of nitrogens with zero attached hydrogens (tertiary/aromatic N) is 3. The molecule has 6 heteroatoms. The van der Waals surface area contributed by atoms with Gasteiger partial charge in [0.1, 0.15) is 10.8 Å². The molecule has 0 saturated carbocycles. The fraction of sp³-hybridized carbons (Fsp3) is 0.308. The van der Waals surface area contributed by atoms with Crippen LogP contribution in [0.25, 0.3) is 0 Å². The number of hydrogen-bond donors (Lipinski definition) is 1. The largest absolute Gasteiger partial charge is 0.370 e. The van der Waals surface area contributed by atoms with Crippen molar-refractivity contribution in [3.8, 4) is 0 Å². The Morgan fingerprint density at radius 3 is 2.68 bits per heavy atom. The van der Waals surface area contributed by atoms with Gasteiger partial charge in [0.15, 0.2) is 5.16 Å². The van der Waals surface area contributed by atoms with Gasteiger partial charge in [0, 0.05) is 29.9 Å². The normalized spacial score (nSPS) is 10.4. The number of rotatable bonds is 6. The third-order valence-corrected chi connectivity index (χ3v) is 3.77. The fourth-order valence-corrected chi connectivity index (χ4v) is 2.66. The molecule has 2 aromatic rings. The average Bonchev–Trinajstić information content (AvgIpc) is 2.46. The van der Waals surface area contributed by atoms with Gasteiger partial charge in [-0.2, -0.15) is 0 Å². The maximum atomic E-state index is 4.51. The number of anilines is 1. The fourth-order valence-electron chi connectivity index (χ4n) is 1.42. The van der Waals surface area contributed by atoms with Crippen LogP contribution >= 0.6 is 23.5 Å². The minimum absolute atomic E-state index is 0.789. The van der Waals surface area contributed by atoms with Crippen molar-refractivity contribution < 1.29 is 0 Å². The molecule has 0 amide bonds. The van der Waals surface area contributed by atoms with Crippen molar-refractivity contribution in [1.29, 1.82) is 0 Å². The van der Waals surface area contributed by atoms with Crippen LogP contribution in [-0.4, -0.2) is 27.8 Å². The second kappa shape index (κ2) is 7.35. The van der Waals surface area contributed by atoms with E-state index in [1.807, 2.05) is 24.5 Å². The summed E-state index contributed by atoms with van der Waals surface area (Å²) in [6.45, 7) is 3.06. The summed E-state index contributed by atoms with van der Waals surface area (Å²) in [5.41, 5.74) is 0. The molecule has 0 aromatic carbocycles. The molecule has 0 aliphatic rings. The van der Waals surface area contributed by atoms with Gasteiger partial charge in [0.2, 0.25) is 0 Å². The quantitative estimate of drug-likeness (QED) is 0.499. The predicted octanol–water partition coefficient (Wildman–Crippen LogP) is 3.57. The summed E-state index contributed by atoms with van der Waals surface area (Å²) in [6, 6.07) is 5.94. The van der Waals surface area contributed by atoms with Crippen LogP contribution in [0.2, 0.25) is 0 Å². The van der Waals surface area contributed by atoms with Gasteiger partial charge in [-0.1, -0.05) is 30.4 Å². The average molecular weight is 292 g/mol. The molecular weight excluding hydrogens is 276 g/mol. The van der Waals surface area contributed by atoms with Crippen LogP contribution in [0.5, 0.6) is 0 Å². The monoisotopic (exact) mass is 292 g/mol. The molecule has 0 unspecified atom stereocenters. The zero-order valence-corrected chi connectivity index (χ0v) is 12.6. The van der Waals surface area contributed by atoms with Crippen LogP contribution in [-0.2, 0) is 0 Å². The van der Waals surface area contributed by atoms with Crippen LogP contribution in [0.15, 0.2) is 45.7 Å². The molecule has 2 rings (SSSR count). The molecular formula is C13H16N4S2. The van der Waals surface area contributed by atoms with Crippen molar-refractivity contribution in [3.05, 3.63) is 30.6 Å². The van der Waals surface area contributed by atoms with E-state index >= 15 is 0 Å². The zero-order chi connectivity index (χ0) is 13.5. The van der Waals surface area contributed by atoms with Crippen molar-refractivity contribution in [2.45, 2.75) is 28.4 Å². The van der Waals surface area contributed by atoms with Gasteiger partial charge in [0.05, 0.1) is 0 Å². The zero-order valence-electron chi connectivity index (χ0n) is 11.0. The molecule has 0 bridgehead atoms. The first-order valence-corrected chi connectivity index (χ1v) is 8.10. The Balaban J connectivity index is 2.19. The van der Waals surface area contributed by atoms with Crippen LogP contribution in [0.3, 0.4) is 0 Å². The molecule has 2 heterocycles. The minimum atomic E-state index is 0.789. The van der Waals surface area contributed by atoms with Crippen LogP contribution in [0.4, 0.5) is 5.82 Å². The lowest BCUT2D eigenvalue weighted by Gasteiger charge is -2.08. The maximum absolute atomic E-state index is 4.51. The molecule has 100 valence electrons. The lowest BCUT2D eigenvalue weighted by Crippen LogP contribution is -2.03. The highest BCUT2D eigenvalue weighted by atomic mass is 32.2. The van der Waals surface area contributed by atoms with E-state index in [1.165, 1.54) is 0 Å². The Kier molecular flexibility index (Phi) is 5.47. The summed E-state index contributed by atoms with van der Waals surface area (Å²) in [7, 11) is 0. The SMILES string of the molecule is CCCNc1cc(Sc2ccncc2)nc(SC)n1. The molecule has 1 N–H and O–H groups in total. The lowest BCUT2D eigenvalue weighted by atomic mass is 10.4. The topological polar surface area (TPSA) is 50.7 Å². The second-order valence-corrected chi connectivity index (χ2v) is 5.66. The van der Waals surface area contributed by atoms with Gasteiger partial charge in [-0.05, 0) is 24.8 Å². The van der Waals surface area contributed by atoms with Gasteiger partial charge in [-0.3, -0.25) is 4.98 Å². The Morgan fingerprint density at radius 1 is 1.21 bits per heavy atom. The standard InChI is InChI=1S/C13H16N4S2/c1-3-6-15-11-9-12(17-13(16-11)18-2)19-10-4-7-14-8-5-10/h4-5,7-9H,3,6H2,1-2H3,(H,15,16,17). The smallest absolute Gasteiger partial charge is 0.190 e. The van der Waals surface area contributed by atoms with Crippen molar-refractivity contribution in [2.75, 3.05) is 18.1 Å². The first-order valence-electron chi connectivity index (χ1n) is 6.06. The Hall–Kier alpha value is -1.27. The van der Waals surface area contributed by atoms with E-state index in [1.54, 1.807) is 35.9 Å². The summed E-state index contributed by atoms with van der Waals surface area (Å²) in [4.78, 5) is 14.1. The number of nitrogens with one attached hydrogen (secondary N) is 1. The Morgan fingerprint density at radius 2 is 2.00 bits per heavy atom. The Labute approximate surface area is 121 Å². The first-order chi connectivity index (χ1) is 9.31. The van der Waals surface area contributed by atoms with Crippen LogP contribution < -0.4 is 5.32 Å². The number of hydrogen-bond acceptors (Lipinski definition) is 6. The number of pyridine rings is 1. The summed E-state index contributed by atoms with van der Waals surface area (Å²) < 4.78 is 0. The van der Waals surface area contributed by atoms with E-state index in [-0.39, 0.29) is 0 Å². The summed E-state index contributed by atoms with van der Waals surface area (Å²) >= 11 is 3.17. The summed E-state index contributed by atoms with van der Waals surface area (Å²) in [5, 5.41) is 5.04. The first kappa shape index (κ1) is 14.1. The van der Waals surface area contributed by atoms with Crippen molar-refractivity contribution >= 4 is 29.3 Å². The number of aromatic nitrogens is 3. The van der Waals surface area contributed by atoms with Gasteiger partial charge in [-0.15, -0.1) is 0 Å². The highest BCUT2D eigenvalue weighted by Crippen LogP contribution is 2.28. The molecule has 0 aliphatic heterocycles. The molecule has 0 atom stereocenters. The van der Waals surface area contributed by atoms with Crippen molar-refractivity contribution in [3.63, 3.8) is 0 Å². The highest BCUT2D eigenvalue weighted by molar-refractivity contribution is 7.99. The van der Waals surface area contributed by atoms with Gasteiger partial charge >= 0.3 is 0 Å².